The normalized spacial score (nSPS) is 12.8. The number of rotatable bonds is 6. The third-order valence-electron chi connectivity index (χ3n) is 4.61. The van der Waals surface area contributed by atoms with Crippen molar-refractivity contribution in [2.75, 3.05) is 4.90 Å². The van der Waals surface area contributed by atoms with E-state index in [2.05, 4.69) is 20.3 Å². The molecule has 0 spiro atoms. The molecule has 1 N–H and O–H groups in total. The molecule has 2 amide bonds. The number of halogens is 1. The quantitative estimate of drug-likeness (QED) is 0.415. The number of alkyl carbamates (subject to hydrolysis) is 1. The van der Waals surface area contributed by atoms with Crippen LogP contribution in [0.4, 0.5) is 15.4 Å². The zero-order chi connectivity index (χ0) is 26.7. The largest absolute Gasteiger partial charge is 0.455 e. The lowest BCUT2D eigenvalue weighted by Gasteiger charge is -2.26. The van der Waals surface area contributed by atoms with Gasteiger partial charge < -0.3 is 19.2 Å². The third-order valence-corrected chi connectivity index (χ3v) is 4.78. The molecule has 10 nitrogen and oxygen atoms in total. The summed E-state index contributed by atoms with van der Waals surface area (Å²) >= 11 is 6.23. The number of nitrogens with one attached hydrogen (secondary N) is 1. The highest BCUT2D eigenvalue weighted by Gasteiger charge is 2.29. The molecule has 1 atom stereocenters. The molecule has 3 aromatic heterocycles. The predicted molar refractivity (Wildman–Crippen MR) is 136 cm³/mol. The van der Waals surface area contributed by atoms with Gasteiger partial charge in [-0.3, -0.25) is 9.88 Å². The monoisotopic (exact) mass is 517 g/mol. The molecule has 0 fully saturated rings. The van der Waals surface area contributed by atoms with Gasteiger partial charge in [-0.2, -0.15) is 4.98 Å². The molecule has 11 heteroatoms. The van der Waals surface area contributed by atoms with Gasteiger partial charge in [0.25, 0.3) is 0 Å². The number of furan rings is 1. The number of nitrogens with zero attached hydrogens (tertiary/aromatic N) is 4. The SMILES string of the molecule is C[C@H](Cc1cc2nc(Cl)nc(N(Cc3ccncc3)C(=O)OC(C)(C)C)c2o1)NC(=O)OC(C)(C)C. The average Bonchev–Trinajstić information content (AvgIpc) is 3.11. The second-order valence-electron chi connectivity index (χ2n) is 10.4. The van der Waals surface area contributed by atoms with Crippen molar-refractivity contribution in [2.45, 2.75) is 78.7 Å². The minimum absolute atomic E-state index is 0.0481. The molecule has 3 heterocycles. The number of carbonyl (C=O) groups excluding carboxylic acids is 2. The second-order valence-corrected chi connectivity index (χ2v) is 10.8. The standard InChI is InChI=1S/C25H32ClN5O5/c1-15(28-22(32)35-24(2,3)4)12-17-13-18-19(34-17)20(30-21(26)29-18)31(23(33)36-25(5,6)7)14-16-8-10-27-11-9-16/h8-11,13,15H,12,14H2,1-7H3,(H,28,32)/t15-/m1/s1. The summed E-state index contributed by atoms with van der Waals surface area (Å²) in [7, 11) is 0. The Bertz CT molecular complexity index is 1220. The maximum atomic E-state index is 13.2. The summed E-state index contributed by atoms with van der Waals surface area (Å²) in [6.45, 7) is 12.7. The summed E-state index contributed by atoms with van der Waals surface area (Å²) in [6, 6.07) is 4.98. The minimum Gasteiger partial charge on any atom is -0.455 e. The van der Waals surface area contributed by atoms with Crippen molar-refractivity contribution in [3.05, 3.63) is 47.2 Å². The molecule has 0 aliphatic heterocycles. The van der Waals surface area contributed by atoms with E-state index in [4.69, 9.17) is 25.5 Å². The van der Waals surface area contributed by atoms with Crippen molar-refractivity contribution in [3.63, 3.8) is 0 Å². The lowest BCUT2D eigenvalue weighted by molar-refractivity contribution is 0.0505. The summed E-state index contributed by atoms with van der Waals surface area (Å²) < 4.78 is 17.0. The van der Waals surface area contributed by atoms with Crippen LogP contribution in [0.5, 0.6) is 0 Å². The Morgan fingerprint density at radius 3 is 2.33 bits per heavy atom. The minimum atomic E-state index is -0.736. The van der Waals surface area contributed by atoms with E-state index in [1.54, 1.807) is 72.1 Å². The molecular weight excluding hydrogens is 486 g/mol. The molecule has 0 aliphatic rings. The van der Waals surface area contributed by atoms with Gasteiger partial charge in [0.1, 0.15) is 22.5 Å². The van der Waals surface area contributed by atoms with Gasteiger partial charge in [-0.1, -0.05) is 0 Å². The van der Waals surface area contributed by atoms with E-state index < -0.39 is 23.4 Å². The number of amides is 2. The fraction of sp³-hybridized carbons (Fsp3) is 0.480. The Morgan fingerprint density at radius 1 is 1.08 bits per heavy atom. The van der Waals surface area contributed by atoms with E-state index in [0.29, 0.717) is 17.7 Å². The number of fused-ring (bicyclic) bond motifs is 1. The Morgan fingerprint density at radius 2 is 1.72 bits per heavy atom. The lowest BCUT2D eigenvalue weighted by Crippen LogP contribution is -2.38. The Hall–Kier alpha value is -3.40. The highest BCUT2D eigenvalue weighted by molar-refractivity contribution is 6.28. The van der Waals surface area contributed by atoms with Crippen LogP contribution in [0, 0.1) is 0 Å². The molecule has 0 aliphatic carbocycles. The fourth-order valence-corrected chi connectivity index (χ4v) is 3.47. The van der Waals surface area contributed by atoms with Gasteiger partial charge in [0.15, 0.2) is 11.4 Å². The van der Waals surface area contributed by atoms with E-state index in [-0.39, 0.29) is 29.3 Å². The van der Waals surface area contributed by atoms with Gasteiger partial charge in [-0.25, -0.2) is 14.6 Å². The third kappa shape index (κ3) is 7.81. The van der Waals surface area contributed by atoms with Crippen LogP contribution < -0.4 is 10.2 Å². The van der Waals surface area contributed by atoms with Gasteiger partial charge in [0, 0.05) is 30.9 Å². The van der Waals surface area contributed by atoms with Crippen LogP contribution in [0.25, 0.3) is 11.1 Å². The summed E-state index contributed by atoms with van der Waals surface area (Å²) in [4.78, 5) is 39.3. The Kier molecular flexibility index (Phi) is 8.08. The molecule has 3 aromatic rings. The van der Waals surface area contributed by atoms with Crippen LogP contribution in [-0.4, -0.2) is 44.4 Å². The van der Waals surface area contributed by atoms with Crippen LogP contribution in [0.1, 0.15) is 59.8 Å². The first-order chi connectivity index (χ1) is 16.7. The number of hydrogen-bond donors (Lipinski definition) is 1. The van der Waals surface area contributed by atoms with Gasteiger partial charge in [0.2, 0.25) is 5.28 Å². The van der Waals surface area contributed by atoms with Crippen molar-refractivity contribution < 1.29 is 23.5 Å². The van der Waals surface area contributed by atoms with Gasteiger partial charge in [-0.05, 0) is 77.8 Å². The first kappa shape index (κ1) is 27.2. The number of carbonyl (C=O) groups is 2. The number of anilines is 1. The van der Waals surface area contributed by atoms with Gasteiger partial charge in [-0.15, -0.1) is 0 Å². The number of ether oxygens (including phenoxy) is 2. The van der Waals surface area contributed by atoms with Crippen molar-refractivity contribution >= 4 is 40.7 Å². The molecule has 194 valence electrons. The highest BCUT2D eigenvalue weighted by Crippen LogP contribution is 2.31. The Balaban J connectivity index is 1.93. The first-order valence-corrected chi connectivity index (χ1v) is 11.9. The van der Waals surface area contributed by atoms with E-state index in [1.807, 2.05) is 6.92 Å². The topological polar surface area (TPSA) is 120 Å². The van der Waals surface area contributed by atoms with E-state index in [9.17, 15) is 9.59 Å². The van der Waals surface area contributed by atoms with Crippen LogP contribution in [0.15, 0.2) is 35.0 Å². The van der Waals surface area contributed by atoms with Crippen molar-refractivity contribution in [1.29, 1.82) is 0 Å². The maximum absolute atomic E-state index is 13.2. The second kappa shape index (κ2) is 10.7. The lowest BCUT2D eigenvalue weighted by atomic mass is 10.2. The van der Waals surface area contributed by atoms with E-state index >= 15 is 0 Å². The van der Waals surface area contributed by atoms with Crippen LogP contribution in [-0.2, 0) is 22.4 Å². The van der Waals surface area contributed by atoms with Crippen molar-refractivity contribution in [3.8, 4) is 0 Å². The zero-order valence-corrected chi connectivity index (χ0v) is 22.3. The molecule has 36 heavy (non-hydrogen) atoms. The van der Waals surface area contributed by atoms with Crippen LogP contribution in [0.2, 0.25) is 5.28 Å². The predicted octanol–water partition coefficient (Wildman–Crippen LogP) is 5.67. The molecule has 0 saturated heterocycles. The van der Waals surface area contributed by atoms with Gasteiger partial charge in [0.05, 0.1) is 6.54 Å². The summed E-state index contributed by atoms with van der Waals surface area (Å²) in [6.07, 6.45) is 2.48. The van der Waals surface area contributed by atoms with Crippen LogP contribution in [0.3, 0.4) is 0 Å². The fourth-order valence-electron chi connectivity index (χ4n) is 3.30. The van der Waals surface area contributed by atoms with Gasteiger partial charge >= 0.3 is 12.2 Å². The molecule has 3 rings (SSSR count). The maximum Gasteiger partial charge on any atom is 0.416 e. The first-order valence-electron chi connectivity index (χ1n) is 11.5. The average molecular weight is 518 g/mol. The summed E-state index contributed by atoms with van der Waals surface area (Å²) in [5.74, 6) is 0.703. The van der Waals surface area contributed by atoms with E-state index in [1.165, 1.54) is 4.90 Å². The zero-order valence-electron chi connectivity index (χ0n) is 21.6. The smallest absolute Gasteiger partial charge is 0.416 e. The number of aromatic nitrogens is 3. The number of hydrogen-bond acceptors (Lipinski definition) is 8. The van der Waals surface area contributed by atoms with Crippen molar-refractivity contribution in [2.24, 2.45) is 0 Å². The molecule has 0 unspecified atom stereocenters. The summed E-state index contributed by atoms with van der Waals surface area (Å²) in [5.41, 5.74) is 0.164. The molecule has 0 saturated carbocycles. The van der Waals surface area contributed by atoms with E-state index in [0.717, 1.165) is 5.56 Å². The summed E-state index contributed by atoms with van der Waals surface area (Å²) in [5, 5.41) is 2.73. The highest BCUT2D eigenvalue weighted by atomic mass is 35.5. The Labute approximate surface area is 215 Å². The molecule has 0 radical (unpaired) electrons. The molecular formula is C25H32ClN5O5. The molecule has 0 bridgehead atoms. The van der Waals surface area contributed by atoms with Crippen LogP contribution >= 0.6 is 11.6 Å². The molecule has 0 aromatic carbocycles. The number of pyridine rings is 1. The van der Waals surface area contributed by atoms with Crippen molar-refractivity contribution in [1.82, 2.24) is 20.3 Å².